The molecular weight excluding hydrogens is 542 g/mol. The fourth-order valence-electron chi connectivity index (χ4n) is 5.58. The fraction of sp³-hybridized carbons (Fsp3) is 0.296. The van der Waals surface area contributed by atoms with Crippen LogP contribution in [0.15, 0.2) is 64.6 Å². The number of aryl methyl sites for hydroxylation is 1. The Hall–Kier alpha value is -3.30. The number of ketones is 1. The Balaban J connectivity index is 1.88. The summed E-state index contributed by atoms with van der Waals surface area (Å²) in [7, 11) is 0. The number of halogens is 5. The van der Waals surface area contributed by atoms with Crippen molar-refractivity contribution in [2.24, 2.45) is 5.41 Å². The van der Waals surface area contributed by atoms with Crippen molar-refractivity contribution in [3.8, 4) is 5.69 Å². The van der Waals surface area contributed by atoms with Gasteiger partial charge in [-0.2, -0.15) is 13.2 Å². The molecule has 0 bridgehead atoms. The number of aromatic amines is 1. The molecule has 1 aliphatic heterocycles. The van der Waals surface area contributed by atoms with Gasteiger partial charge in [0.05, 0.1) is 27.0 Å². The van der Waals surface area contributed by atoms with Crippen molar-refractivity contribution in [1.29, 1.82) is 0 Å². The van der Waals surface area contributed by atoms with E-state index in [2.05, 4.69) is 5.10 Å². The summed E-state index contributed by atoms with van der Waals surface area (Å²) in [6.07, 6.45) is -5.55. The number of allylic oxidation sites excluding steroid dienone is 1. The number of alkyl halides is 3. The van der Waals surface area contributed by atoms with E-state index in [4.69, 9.17) is 23.2 Å². The van der Waals surface area contributed by atoms with Crippen LogP contribution >= 0.6 is 23.2 Å². The molecule has 2 aromatic carbocycles. The number of nitrogens with one attached hydrogen (secondary N) is 1. The fourth-order valence-corrected chi connectivity index (χ4v) is 5.88. The Morgan fingerprint density at radius 2 is 1.58 bits per heavy atom. The average molecular weight is 564 g/mol. The summed E-state index contributed by atoms with van der Waals surface area (Å²) in [5.41, 5.74) is -6.85. The number of amides is 1. The van der Waals surface area contributed by atoms with Crippen molar-refractivity contribution in [3.63, 3.8) is 0 Å². The zero-order valence-electron chi connectivity index (χ0n) is 20.5. The third kappa shape index (κ3) is 3.66. The Bertz CT molecular complexity index is 1590. The molecular formula is C27H22Cl2F3N3O3. The summed E-state index contributed by atoms with van der Waals surface area (Å²) < 4.78 is 47.3. The van der Waals surface area contributed by atoms with E-state index in [1.807, 2.05) is 0 Å². The van der Waals surface area contributed by atoms with Crippen molar-refractivity contribution in [1.82, 2.24) is 9.78 Å². The number of hydrogen-bond donors (Lipinski definition) is 1. The minimum atomic E-state index is -5.33. The van der Waals surface area contributed by atoms with Crippen LogP contribution in [0.4, 0.5) is 18.9 Å². The number of para-hydroxylation sites is 1. The predicted molar refractivity (Wildman–Crippen MR) is 138 cm³/mol. The molecule has 1 aliphatic carbocycles. The van der Waals surface area contributed by atoms with Gasteiger partial charge in [-0.25, -0.2) is 4.68 Å². The molecule has 38 heavy (non-hydrogen) atoms. The lowest BCUT2D eigenvalue weighted by Crippen LogP contribution is -2.55. The molecule has 0 saturated carbocycles. The second kappa shape index (κ2) is 8.61. The number of anilines is 1. The monoisotopic (exact) mass is 563 g/mol. The lowest BCUT2D eigenvalue weighted by molar-refractivity contribution is -0.184. The summed E-state index contributed by atoms with van der Waals surface area (Å²) in [6, 6.07) is 12.0. The van der Waals surface area contributed by atoms with E-state index in [1.165, 1.54) is 25.1 Å². The first-order chi connectivity index (χ1) is 17.7. The number of carbonyl (C=O) groups is 2. The van der Waals surface area contributed by atoms with Crippen LogP contribution in [0.2, 0.25) is 10.0 Å². The standard InChI is InChI=1S/C27H22Cl2F3N3O3/c1-14-21(23(37)35(33-14)15-7-5-4-6-8-15)26(27(30,31)32)22-19(12-25(2,3)13-20(22)36)34(24(26)38)16-9-10-17(28)18(29)11-16/h4-11,33H,12-13H2,1-3H3/t26-/m1/s1. The zero-order valence-corrected chi connectivity index (χ0v) is 22.1. The molecule has 3 aromatic rings. The smallest absolute Gasteiger partial charge is 0.295 e. The maximum Gasteiger partial charge on any atom is 0.411 e. The highest BCUT2D eigenvalue weighted by Gasteiger charge is 2.73. The molecule has 0 radical (unpaired) electrons. The van der Waals surface area contributed by atoms with E-state index in [1.54, 1.807) is 44.2 Å². The Labute approximate surface area is 225 Å². The Morgan fingerprint density at radius 1 is 0.921 bits per heavy atom. The molecule has 0 saturated heterocycles. The number of H-pyrrole nitrogens is 1. The van der Waals surface area contributed by atoms with E-state index in [0.29, 0.717) is 0 Å². The van der Waals surface area contributed by atoms with Crippen LogP contribution in [-0.4, -0.2) is 27.6 Å². The molecule has 198 valence electrons. The van der Waals surface area contributed by atoms with Gasteiger partial charge < -0.3 is 0 Å². The lowest BCUT2D eigenvalue weighted by atomic mass is 9.66. The topological polar surface area (TPSA) is 75.2 Å². The van der Waals surface area contributed by atoms with Crippen LogP contribution in [0.3, 0.4) is 0 Å². The van der Waals surface area contributed by atoms with Crippen molar-refractivity contribution >= 4 is 40.6 Å². The molecule has 0 fully saturated rings. The highest BCUT2D eigenvalue weighted by atomic mass is 35.5. The van der Waals surface area contributed by atoms with Gasteiger partial charge in [-0.15, -0.1) is 0 Å². The van der Waals surface area contributed by atoms with Gasteiger partial charge in [0.1, 0.15) is 0 Å². The quantitative estimate of drug-likeness (QED) is 0.408. The van der Waals surface area contributed by atoms with Gasteiger partial charge >= 0.3 is 6.18 Å². The predicted octanol–water partition coefficient (Wildman–Crippen LogP) is 6.27. The van der Waals surface area contributed by atoms with Gasteiger partial charge in [0.2, 0.25) is 5.41 Å². The number of aromatic nitrogens is 2. The van der Waals surface area contributed by atoms with Gasteiger partial charge in [0, 0.05) is 23.4 Å². The second-order valence-electron chi connectivity index (χ2n) is 10.3. The second-order valence-corrected chi connectivity index (χ2v) is 11.2. The van der Waals surface area contributed by atoms with Crippen LogP contribution in [0.25, 0.3) is 5.69 Å². The molecule has 11 heteroatoms. The maximum atomic E-state index is 15.4. The molecule has 1 N–H and O–H groups in total. The normalized spacial score (nSPS) is 21.3. The van der Waals surface area contributed by atoms with Crippen LogP contribution in [0.1, 0.15) is 37.9 Å². The van der Waals surface area contributed by atoms with E-state index in [0.717, 1.165) is 9.58 Å². The summed E-state index contributed by atoms with van der Waals surface area (Å²) in [5.74, 6) is -2.30. The van der Waals surface area contributed by atoms with E-state index in [9.17, 15) is 14.4 Å². The molecule has 1 amide bonds. The Morgan fingerprint density at radius 3 is 2.18 bits per heavy atom. The molecule has 2 heterocycles. The number of nitrogens with zero attached hydrogens (tertiary/aromatic N) is 2. The molecule has 6 nitrogen and oxygen atoms in total. The average Bonchev–Trinajstić information content (AvgIpc) is 3.25. The Kier molecular flexibility index (Phi) is 5.96. The minimum Gasteiger partial charge on any atom is -0.295 e. The van der Waals surface area contributed by atoms with Crippen molar-refractivity contribution < 1.29 is 22.8 Å². The van der Waals surface area contributed by atoms with Gasteiger partial charge in [-0.1, -0.05) is 55.2 Å². The first kappa shape index (κ1) is 26.3. The largest absolute Gasteiger partial charge is 0.411 e. The van der Waals surface area contributed by atoms with E-state index >= 15 is 13.2 Å². The number of hydrogen-bond acceptors (Lipinski definition) is 3. The molecule has 0 spiro atoms. The maximum absolute atomic E-state index is 15.4. The summed E-state index contributed by atoms with van der Waals surface area (Å²) >= 11 is 12.2. The summed E-state index contributed by atoms with van der Waals surface area (Å²) in [4.78, 5) is 42.4. The lowest BCUT2D eigenvalue weighted by Gasteiger charge is -2.35. The molecule has 5 rings (SSSR count). The van der Waals surface area contributed by atoms with Crippen LogP contribution in [0, 0.1) is 12.3 Å². The van der Waals surface area contributed by atoms with E-state index in [-0.39, 0.29) is 45.7 Å². The van der Waals surface area contributed by atoms with Gasteiger partial charge in [-0.05, 0) is 49.1 Å². The first-order valence-corrected chi connectivity index (χ1v) is 12.5. The molecule has 1 aromatic heterocycles. The molecule has 2 aliphatic rings. The summed E-state index contributed by atoms with van der Waals surface area (Å²) in [6.45, 7) is 4.77. The number of rotatable bonds is 3. The number of benzene rings is 2. The molecule has 1 atom stereocenters. The third-order valence-corrected chi connectivity index (χ3v) is 7.81. The molecule has 0 unspecified atom stereocenters. The van der Waals surface area contributed by atoms with E-state index < -0.39 is 45.4 Å². The number of Topliss-reactive ketones (excluding diaryl/α,β-unsaturated/α-hetero) is 1. The zero-order chi connectivity index (χ0) is 27.8. The van der Waals surface area contributed by atoms with Gasteiger partial charge in [-0.3, -0.25) is 24.4 Å². The van der Waals surface area contributed by atoms with Crippen LogP contribution < -0.4 is 10.5 Å². The van der Waals surface area contributed by atoms with Crippen molar-refractivity contribution in [2.75, 3.05) is 4.90 Å². The highest BCUT2D eigenvalue weighted by molar-refractivity contribution is 6.42. The van der Waals surface area contributed by atoms with Crippen molar-refractivity contribution in [3.05, 3.63) is 91.5 Å². The first-order valence-electron chi connectivity index (χ1n) is 11.7. The number of carbonyl (C=O) groups excluding carboxylic acids is 2. The van der Waals surface area contributed by atoms with Crippen LogP contribution in [-0.2, 0) is 15.0 Å². The summed E-state index contributed by atoms with van der Waals surface area (Å²) in [5, 5.41) is 2.85. The van der Waals surface area contributed by atoms with Gasteiger partial charge in [0.15, 0.2) is 5.78 Å². The van der Waals surface area contributed by atoms with Crippen LogP contribution in [0.5, 0.6) is 0 Å². The van der Waals surface area contributed by atoms with Gasteiger partial charge in [0.25, 0.3) is 11.5 Å². The minimum absolute atomic E-state index is 0.00572. The highest BCUT2D eigenvalue weighted by Crippen LogP contribution is 2.58. The third-order valence-electron chi connectivity index (χ3n) is 7.07. The van der Waals surface area contributed by atoms with Crippen molar-refractivity contribution in [2.45, 2.75) is 45.2 Å². The SMILES string of the molecule is Cc1[nH]n(-c2ccccc2)c(=O)c1[C@]1(C(F)(F)F)C(=O)N(c2ccc(Cl)c(Cl)c2)C2=C1C(=O)CC(C)(C)C2.